The number of aryl methyl sites for hydroxylation is 2. The molecule has 2 aromatic carbocycles. The van der Waals surface area contributed by atoms with E-state index in [0.29, 0.717) is 33.4 Å². The molecule has 0 saturated heterocycles. The van der Waals surface area contributed by atoms with Crippen LogP contribution in [0.3, 0.4) is 0 Å². The minimum absolute atomic E-state index is 0.00935. The number of nitrogens with zero attached hydrogens (tertiary/aromatic N) is 6. The number of aromatic nitrogens is 5. The molecule has 0 radical (unpaired) electrons. The molecule has 0 spiro atoms. The number of rotatable bonds is 7. The molecule has 0 aliphatic heterocycles. The van der Waals surface area contributed by atoms with E-state index in [-0.39, 0.29) is 5.75 Å². The number of hydrogen-bond acceptors (Lipinski definition) is 9. The SMILES string of the molecule is CNc1cnc2c(-c3nc4cc(F)c(OC(C)C(C)N(C(=O)O)c5cnc(C)nc5)cc4s3)cc(C)cc2n1. The van der Waals surface area contributed by atoms with Gasteiger partial charge in [-0.05, 0) is 45.4 Å². The van der Waals surface area contributed by atoms with Crippen molar-refractivity contribution < 1.29 is 19.0 Å². The Labute approximate surface area is 227 Å². The number of carbonyl (C=O) groups is 1. The number of anilines is 2. The molecule has 2 unspecified atom stereocenters. The summed E-state index contributed by atoms with van der Waals surface area (Å²) in [4.78, 5) is 35.1. The molecule has 5 aromatic rings. The van der Waals surface area contributed by atoms with Crippen molar-refractivity contribution >= 4 is 50.2 Å². The van der Waals surface area contributed by atoms with Gasteiger partial charge in [0.1, 0.15) is 22.8 Å². The summed E-state index contributed by atoms with van der Waals surface area (Å²) < 4.78 is 21.8. The van der Waals surface area contributed by atoms with Gasteiger partial charge in [-0.2, -0.15) is 0 Å². The third kappa shape index (κ3) is 5.15. The van der Waals surface area contributed by atoms with Crippen LogP contribution in [0.5, 0.6) is 5.75 Å². The van der Waals surface area contributed by atoms with E-state index in [0.717, 1.165) is 26.2 Å². The van der Waals surface area contributed by atoms with Gasteiger partial charge in [0.15, 0.2) is 11.6 Å². The number of amides is 1. The normalized spacial score (nSPS) is 12.9. The summed E-state index contributed by atoms with van der Waals surface area (Å²) in [6, 6.07) is 6.20. The maximum Gasteiger partial charge on any atom is 0.412 e. The van der Waals surface area contributed by atoms with Crippen molar-refractivity contribution in [3.63, 3.8) is 0 Å². The van der Waals surface area contributed by atoms with Crippen molar-refractivity contribution in [2.24, 2.45) is 0 Å². The van der Waals surface area contributed by atoms with Gasteiger partial charge in [0.05, 0.1) is 51.6 Å². The lowest BCUT2D eigenvalue weighted by Gasteiger charge is -2.30. The molecule has 1 amide bonds. The summed E-state index contributed by atoms with van der Waals surface area (Å²) in [7, 11) is 1.78. The quantitative estimate of drug-likeness (QED) is 0.259. The first-order valence-corrected chi connectivity index (χ1v) is 13.0. The van der Waals surface area contributed by atoms with Crippen molar-refractivity contribution in [2.75, 3.05) is 17.3 Å². The summed E-state index contributed by atoms with van der Waals surface area (Å²) in [5.74, 6) is 0.599. The molecular weight excluding hydrogens is 521 g/mol. The maximum atomic E-state index is 15.1. The molecule has 3 aromatic heterocycles. The number of fused-ring (bicyclic) bond motifs is 2. The van der Waals surface area contributed by atoms with Crippen molar-refractivity contribution in [1.82, 2.24) is 24.9 Å². The summed E-state index contributed by atoms with van der Waals surface area (Å²) in [5.41, 5.74) is 4.03. The third-order valence-electron chi connectivity index (χ3n) is 6.37. The second-order valence-electron chi connectivity index (χ2n) is 9.16. The lowest BCUT2D eigenvalue weighted by Crippen LogP contribution is -2.46. The fourth-order valence-corrected chi connectivity index (χ4v) is 5.22. The molecule has 10 nitrogen and oxygen atoms in total. The number of thiazole rings is 1. The summed E-state index contributed by atoms with van der Waals surface area (Å²) in [5, 5.41) is 13.5. The van der Waals surface area contributed by atoms with E-state index in [1.54, 1.807) is 40.1 Å². The van der Waals surface area contributed by atoms with E-state index < -0.39 is 24.1 Å². The highest BCUT2D eigenvalue weighted by atomic mass is 32.1. The molecule has 0 bridgehead atoms. The average Bonchev–Trinajstić information content (AvgIpc) is 3.31. The molecule has 2 N–H and O–H groups in total. The van der Waals surface area contributed by atoms with Crippen LogP contribution in [0.1, 0.15) is 25.2 Å². The van der Waals surface area contributed by atoms with Gasteiger partial charge >= 0.3 is 6.09 Å². The summed E-state index contributed by atoms with van der Waals surface area (Å²) >= 11 is 1.39. The zero-order chi connectivity index (χ0) is 27.8. The number of benzene rings is 2. The van der Waals surface area contributed by atoms with Crippen LogP contribution in [0, 0.1) is 19.7 Å². The Kier molecular flexibility index (Phi) is 6.96. The highest BCUT2D eigenvalue weighted by Gasteiger charge is 2.29. The van der Waals surface area contributed by atoms with Crippen molar-refractivity contribution in [2.45, 2.75) is 39.8 Å². The minimum Gasteiger partial charge on any atom is -0.485 e. The molecule has 0 aliphatic rings. The van der Waals surface area contributed by atoms with Crippen LogP contribution in [-0.4, -0.2) is 55.3 Å². The van der Waals surface area contributed by atoms with Crippen molar-refractivity contribution in [1.29, 1.82) is 0 Å². The molecule has 0 fully saturated rings. The van der Waals surface area contributed by atoms with E-state index in [1.165, 1.54) is 29.8 Å². The lowest BCUT2D eigenvalue weighted by atomic mass is 10.1. The van der Waals surface area contributed by atoms with Gasteiger partial charge in [0, 0.05) is 24.7 Å². The number of nitrogens with one attached hydrogen (secondary N) is 1. The Morgan fingerprint density at radius 3 is 2.49 bits per heavy atom. The first kappa shape index (κ1) is 26.2. The molecule has 200 valence electrons. The predicted molar refractivity (Wildman–Crippen MR) is 149 cm³/mol. The highest BCUT2D eigenvalue weighted by molar-refractivity contribution is 7.21. The first-order valence-electron chi connectivity index (χ1n) is 12.2. The van der Waals surface area contributed by atoms with Gasteiger partial charge in [-0.3, -0.25) is 9.88 Å². The van der Waals surface area contributed by atoms with Crippen molar-refractivity contribution in [3.05, 3.63) is 60.1 Å². The molecule has 3 heterocycles. The maximum absolute atomic E-state index is 15.1. The van der Waals surface area contributed by atoms with Gasteiger partial charge in [-0.1, -0.05) is 0 Å². The molecule has 12 heteroatoms. The van der Waals surface area contributed by atoms with Gasteiger partial charge in [-0.25, -0.2) is 29.1 Å². The fourth-order valence-electron chi connectivity index (χ4n) is 4.22. The van der Waals surface area contributed by atoms with Crippen LogP contribution in [-0.2, 0) is 0 Å². The van der Waals surface area contributed by atoms with Gasteiger partial charge in [-0.15, -0.1) is 11.3 Å². The standard InChI is InChI=1S/C27H26FN7O3S/c1-13-6-18(25-21(7-13)33-24(29-5)12-32-25)26-34-20-8-19(28)22(9-23(20)39-26)38-15(3)14(2)35(27(36)37)17-10-30-16(4)31-11-17/h6-12,14-15H,1-5H3,(H,29,33)(H,36,37). The molecule has 2 atom stereocenters. The molecule has 0 aliphatic carbocycles. The van der Waals surface area contributed by atoms with E-state index in [4.69, 9.17) is 4.74 Å². The van der Waals surface area contributed by atoms with Crippen molar-refractivity contribution in [3.8, 4) is 16.3 Å². The number of halogens is 1. The van der Waals surface area contributed by atoms with Crippen LogP contribution >= 0.6 is 11.3 Å². The topological polar surface area (TPSA) is 126 Å². The molecule has 0 saturated carbocycles. The van der Waals surface area contributed by atoms with Crippen LogP contribution in [0.25, 0.3) is 31.8 Å². The third-order valence-corrected chi connectivity index (χ3v) is 7.42. The highest BCUT2D eigenvalue weighted by Crippen LogP contribution is 2.37. The second-order valence-corrected chi connectivity index (χ2v) is 10.2. The largest absolute Gasteiger partial charge is 0.485 e. The zero-order valence-corrected chi connectivity index (χ0v) is 22.7. The Bertz CT molecular complexity index is 1690. The second kappa shape index (κ2) is 10.4. The number of hydrogen-bond donors (Lipinski definition) is 2. The predicted octanol–water partition coefficient (Wildman–Crippen LogP) is 5.83. The van der Waals surface area contributed by atoms with Gasteiger partial charge in [0.2, 0.25) is 0 Å². The van der Waals surface area contributed by atoms with Crippen LogP contribution in [0.4, 0.5) is 20.7 Å². The summed E-state index contributed by atoms with van der Waals surface area (Å²) in [6.45, 7) is 7.06. The fraction of sp³-hybridized carbons (Fsp3) is 0.259. The Hall–Kier alpha value is -4.45. The monoisotopic (exact) mass is 547 g/mol. The average molecular weight is 548 g/mol. The molecule has 39 heavy (non-hydrogen) atoms. The Morgan fingerprint density at radius 1 is 1.05 bits per heavy atom. The smallest absolute Gasteiger partial charge is 0.412 e. The van der Waals surface area contributed by atoms with E-state index in [2.05, 4.69) is 30.2 Å². The van der Waals surface area contributed by atoms with E-state index in [1.807, 2.05) is 19.1 Å². The first-order chi connectivity index (χ1) is 18.6. The van der Waals surface area contributed by atoms with Crippen LogP contribution in [0.2, 0.25) is 0 Å². The Balaban J connectivity index is 1.46. The van der Waals surface area contributed by atoms with Gasteiger partial charge < -0.3 is 15.2 Å². The summed E-state index contributed by atoms with van der Waals surface area (Å²) in [6.07, 6.45) is 2.64. The van der Waals surface area contributed by atoms with Gasteiger partial charge in [0.25, 0.3) is 0 Å². The lowest BCUT2D eigenvalue weighted by molar-refractivity contribution is 0.167. The van der Waals surface area contributed by atoms with Crippen LogP contribution < -0.4 is 15.0 Å². The van der Waals surface area contributed by atoms with E-state index in [9.17, 15) is 9.90 Å². The molecular formula is C27H26FN7O3S. The van der Waals surface area contributed by atoms with E-state index >= 15 is 4.39 Å². The zero-order valence-electron chi connectivity index (χ0n) is 21.9. The molecule has 5 rings (SSSR count). The Morgan fingerprint density at radius 2 is 1.79 bits per heavy atom. The number of carboxylic acid groups (broad SMARTS) is 1. The number of ether oxygens (including phenoxy) is 1. The van der Waals surface area contributed by atoms with Crippen LogP contribution in [0.15, 0.2) is 42.9 Å². The minimum atomic E-state index is -1.19.